The summed E-state index contributed by atoms with van der Waals surface area (Å²) in [6.07, 6.45) is 1.25. The van der Waals surface area contributed by atoms with Crippen molar-refractivity contribution in [2.75, 3.05) is 0 Å². The molecule has 0 aromatic carbocycles. The molecule has 0 aliphatic rings. The molecule has 0 fully saturated rings. The van der Waals surface area contributed by atoms with E-state index in [0.29, 0.717) is 0 Å². The molecule has 3 N–H and O–H groups in total. The molecule has 5 heavy (non-hydrogen) atoms. The van der Waals surface area contributed by atoms with Crippen LogP contribution in [-0.4, -0.2) is 0 Å². The summed E-state index contributed by atoms with van der Waals surface area (Å²) in [5.41, 5.74) is 0. The Morgan fingerprint density at radius 2 is 1.20 bits per heavy atom. The molecule has 0 aromatic heterocycles. The largest absolute Gasteiger partial charge is 0.344 e. The van der Waals surface area contributed by atoms with Crippen molar-refractivity contribution in [1.82, 2.24) is 6.15 Å². The SMILES string of the molecule is CCC.F.N. The monoisotopic (exact) mass is 81.1 g/mol. The first kappa shape index (κ1) is 20.7. The van der Waals surface area contributed by atoms with Gasteiger partial charge < -0.3 is 6.15 Å². The molecule has 0 aromatic rings. The zero-order valence-electron chi connectivity index (χ0n) is 3.82. The Bertz CT molecular complexity index is 6.85. The van der Waals surface area contributed by atoms with Crippen LogP contribution in [0.25, 0.3) is 0 Å². The lowest BCUT2D eigenvalue weighted by atomic mass is 10.6. The predicted molar refractivity (Wildman–Crippen MR) is 23.5 cm³/mol. The van der Waals surface area contributed by atoms with Crippen molar-refractivity contribution in [3.05, 3.63) is 0 Å². The van der Waals surface area contributed by atoms with Crippen LogP contribution in [0.15, 0.2) is 0 Å². The molecule has 0 aliphatic carbocycles. The third-order valence-electron chi connectivity index (χ3n) is 0. The predicted octanol–water partition coefficient (Wildman–Crippen LogP) is 1.73. The van der Waals surface area contributed by atoms with E-state index < -0.39 is 0 Å². The number of halogens is 1. The quantitative estimate of drug-likeness (QED) is 0.473. The van der Waals surface area contributed by atoms with Crippen molar-refractivity contribution in [3.8, 4) is 0 Å². The maximum absolute atomic E-state index is 2.12. The van der Waals surface area contributed by atoms with Gasteiger partial charge in [0, 0.05) is 0 Å². The lowest BCUT2D eigenvalue weighted by Crippen LogP contribution is -1.27. The van der Waals surface area contributed by atoms with Gasteiger partial charge >= 0.3 is 0 Å². The minimum Gasteiger partial charge on any atom is -0.344 e. The molecule has 2 heteroatoms. The highest BCUT2D eigenvalue weighted by molar-refractivity contribution is 3.92. The van der Waals surface area contributed by atoms with E-state index in [2.05, 4.69) is 13.8 Å². The van der Waals surface area contributed by atoms with Gasteiger partial charge in [-0.05, 0) is 0 Å². The molecule has 0 amide bonds. The van der Waals surface area contributed by atoms with E-state index in [1.165, 1.54) is 6.42 Å². The van der Waals surface area contributed by atoms with Crippen molar-refractivity contribution in [3.63, 3.8) is 0 Å². The van der Waals surface area contributed by atoms with E-state index in [1.807, 2.05) is 0 Å². The smallest absolute Gasteiger partial charge is 0.0590 e. The summed E-state index contributed by atoms with van der Waals surface area (Å²) in [4.78, 5) is 0. The Morgan fingerprint density at radius 1 is 1.20 bits per heavy atom. The minimum absolute atomic E-state index is 0. The molecular weight excluding hydrogens is 69.0 g/mol. The van der Waals surface area contributed by atoms with E-state index in [-0.39, 0.29) is 10.9 Å². The summed E-state index contributed by atoms with van der Waals surface area (Å²) in [6, 6.07) is 0. The van der Waals surface area contributed by atoms with Gasteiger partial charge in [0.1, 0.15) is 0 Å². The second kappa shape index (κ2) is 41.0. The molecule has 0 unspecified atom stereocenters. The molecule has 1 nitrogen and oxygen atoms in total. The standard InChI is InChI=1S/C3H8.FH.H3N/c1-3-2;;/h3H2,1-2H3;1H;1H3. The molecule has 0 spiro atoms. The van der Waals surface area contributed by atoms with Crippen LogP contribution in [0.4, 0.5) is 4.70 Å². The summed E-state index contributed by atoms with van der Waals surface area (Å²) in [6.45, 7) is 4.25. The van der Waals surface area contributed by atoms with Crippen LogP contribution < -0.4 is 6.15 Å². The van der Waals surface area contributed by atoms with Crippen molar-refractivity contribution < 1.29 is 4.70 Å². The maximum Gasteiger partial charge on any atom is -0.0590 e. The molecule has 0 aliphatic heterocycles. The lowest BCUT2D eigenvalue weighted by Gasteiger charge is -1.48. The Morgan fingerprint density at radius 3 is 1.20 bits per heavy atom. The van der Waals surface area contributed by atoms with E-state index >= 15 is 0 Å². The van der Waals surface area contributed by atoms with E-state index in [9.17, 15) is 0 Å². The van der Waals surface area contributed by atoms with Gasteiger partial charge in [-0.2, -0.15) is 0 Å². The average Bonchev–Trinajstić information content (AvgIpc) is 0.918. The molecule has 0 atom stereocenters. The summed E-state index contributed by atoms with van der Waals surface area (Å²) < 4.78 is 0. The van der Waals surface area contributed by atoms with Crippen LogP contribution in [0.2, 0.25) is 0 Å². The summed E-state index contributed by atoms with van der Waals surface area (Å²) in [5, 5.41) is 0. The highest BCUT2D eigenvalue weighted by atomic mass is 19.0. The van der Waals surface area contributed by atoms with Crippen LogP contribution in [0, 0.1) is 0 Å². The fraction of sp³-hybridized carbons (Fsp3) is 1.00. The Hall–Kier alpha value is -0.110. The molecular formula is C3H12FN. The van der Waals surface area contributed by atoms with Gasteiger partial charge in [0.25, 0.3) is 0 Å². The van der Waals surface area contributed by atoms with Crippen molar-refractivity contribution in [2.45, 2.75) is 20.3 Å². The molecule has 0 radical (unpaired) electrons. The van der Waals surface area contributed by atoms with Gasteiger partial charge in [0.2, 0.25) is 0 Å². The Kier molecular flexibility index (Phi) is 170. The van der Waals surface area contributed by atoms with Crippen LogP contribution >= 0.6 is 0 Å². The zero-order valence-corrected chi connectivity index (χ0v) is 3.82. The van der Waals surface area contributed by atoms with Gasteiger partial charge in [-0.1, -0.05) is 20.3 Å². The number of rotatable bonds is 0. The fourth-order valence-corrected chi connectivity index (χ4v) is 0. The first-order chi connectivity index (χ1) is 1.41. The minimum atomic E-state index is 0. The molecule has 0 saturated heterocycles. The zero-order chi connectivity index (χ0) is 2.71. The average molecular weight is 81.1 g/mol. The van der Waals surface area contributed by atoms with Crippen LogP contribution in [0.3, 0.4) is 0 Å². The second-order valence-corrected chi connectivity index (χ2v) is 0.707. The van der Waals surface area contributed by atoms with Gasteiger partial charge in [0.05, 0.1) is 0 Å². The van der Waals surface area contributed by atoms with E-state index in [0.717, 1.165) is 0 Å². The fourth-order valence-electron chi connectivity index (χ4n) is 0. The second-order valence-electron chi connectivity index (χ2n) is 0.707. The van der Waals surface area contributed by atoms with E-state index in [1.54, 1.807) is 0 Å². The third-order valence-corrected chi connectivity index (χ3v) is 0. The van der Waals surface area contributed by atoms with E-state index in [4.69, 9.17) is 0 Å². The highest BCUT2D eigenvalue weighted by Crippen LogP contribution is 1.56. The molecule has 0 rings (SSSR count). The number of hydrogen-bond donors (Lipinski definition) is 1. The summed E-state index contributed by atoms with van der Waals surface area (Å²) in [7, 11) is 0. The van der Waals surface area contributed by atoms with Gasteiger partial charge in [0.15, 0.2) is 0 Å². The van der Waals surface area contributed by atoms with Crippen molar-refractivity contribution in [1.29, 1.82) is 0 Å². The topological polar surface area (TPSA) is 35.0 Å². The van der Waals surface area contributed by atoms with Crippen molar-refractivity contribution in [2.24, 2.45) is 0 Å². The van der Waals surface area contributed by atoms with Gasteiger partial charge in [-0.25, -0.2) is 0 Å². The van der Waals surface area contributed by atoms with Crippen LogP contribution in [0.1, 0.15) is 20.3 Å². The Balaban J connectivity index is -0.0000000200. The van der Waals surface area contributed by atoms with Gasteiger partial charge in [-0.3, -0.25) is 4.70 Å². The van der Waals surface area contributed by atoms with Gasteiger partial charge in [-0.15, -0.1) is 0 Å². The normalized spacial score (nSPS) is 3.60. The number of hydrogen-bond acceptors (Lipinski definition) is 1. The third kappa shape index (κ3) is 1150. The lowest BCUT2D eigenvalue weighted by molar-refractivity contribution is 1.09. The molecule has 0 heterocycles. The first-order valence-corrected chi connectivity index (χ1v) is 1.41. The molecule has 0 bridgehead atoms. The van der Waals surface area contributed by atoms with Crippen LogP contribution in [-0.2, 0) is 0 Å². The summed E-state index contributed by atoms with van der Waals surface area (Å²) in [5.74, 6) is 0. The molecule has 36 valence electrons. The highest BCUT2D eigenvalue weighted by Gasteiger charge is 1.35. The van der Waals surface area contributed by atoms with Crippen molar-refractivity contribution >= 4 is 0 Å². The van der Waals surface area contributed by atoms with Crippen LogP contribution in [0.5, 0.6) is 0 Å². The molecule has 0 saturated carbocycles. The maximum atomic E-state index is 2.12. The summed E-state index contributed by atoms with van der Waals surface area (Å²) >= 11 is 0. The Labute approximate surface area is 32.3 Å². The first-order valence-electron chi connectivity index (χ1n) is 1.41.